The summed E-state index contributed by atoms with van der Waals surface area (Å²) in [6, 6.07) is 14.1. The van der Waals surface area contributed by atoms with E-state index in [1.165, 1.54) is 12.1 Å². The van der Waals surface area contributed by atoms with Crippen LogP contribution < -0.4 is 10.1 Å². The average molecular weight is 444 g/mol. The van der Waals surface area contributed by atoms with Gasteiger partial charge in [-0.3, -0.25) is 20.0 Å². The molecule has 0 saturated carbocycles. The van der Waals surface area contributed by atoms with Crippen molar-refractivity contribution in [3.63, 3.8) is 0 Å². The van der Waals surface area contributed by atoms with E-state index in [9.17, 15) is 14.9 Å². The van der Waals surface area contributed by atoms with E-state index in [4.69, 9.17) is 4.74 Å². The summed E-state index contributed by atoms with van der Waals surface area (Å²) in [4.78, 5) is 24.4. The lowest BCUT2D eigenvalue weighted by Gasteiger charge is -2.38. The number of rotatable bonds is 4. The number of non-ortho nitro benzene ring substituents is 1. The summed E-state index contributed by atoms with van der Waals surface area (Å²) in [6.45, 7) is 4.18. The number of ketones is 1. The molecule has 5 rings (SSSR count). The van der Waals surface area contributed by atoms with Crippen LogP contribution in [0.2, 0.25) is 0 Å². The first-order chi connectivity index (χ1) is 15.8. The molecular formula is C25H24N4O4. The molecule has 0 spiro atoms. The van der Waals surface area contributed by atoms with Gasteiger partial charge in [0.2, 0.25) is 0 Å². The van der Waals surface area contributed by atoms with Gasteiger partial charge < -0.3 is 10.1 Å². The number of nitrogens with one attached hydrogen (secondary N) is 2. The predicted octanol–water partition coefficient (Wildman–Crippen LogP) is 5.19. The van der Waals surface area contributed by atoms with E-state index in [2.05, 4.69) is 29.4 Å². The molecule has 2 aliphatic rings. The van der Waals surface area contributed by atoms with E-state index in [0.29, 0.717) is 23.5 Å². The maximum Gasteiger partial charge on any atom is 0.270 e. The second kappa shape index (κ2) is 7.58. The maximum atomic E-state index is 13.4. The predicted molar refractivity (Wildman–Crippen MR) is 124 cm³/mol. The molecule has 1 atom stereocenters. The number of hydrogen-bond acceptors (Lipinski definition) is 6. The fraction of sp³-hybridized carbons (Fsp3) is 0.280. The molecule has 0 amide bonds. The van der Waals surface area contributed by atoms with Crippen LogP contribution in [0.5, 0.6) is 5.75 Å². The van der Waals surface area contributed by atoms with Crippen LogP contribution in [0.25, 0.3) is 11.3 Å². The fourth-order valence-electron chi connectivity index (χ4n) is 4.92. The third-order valence-electron chi connectivity index (χ3n) is 6.37. The fourth-order valence-corrected chi connectivity index (χ4v) is 4.92. The lowest BCUT2D eigenvalue weighted by atomic mass is 9.69. The Kier molecular flexibility index (Phi) is 4.81. The van der Waals surface area contributed by atoms with Crippen molar-refractivity contribution in [1.29, 1.82) is 0 Å². The number of benzene rings is 2. The van der Waals surface area contributed by atoms with Crippen molar-refractivity contribution in [2.75, 3.05) is 12.4 Å². The number of aromatic nitrogens is 2. The van der Waals surface area contributed by atoms with Crippen LogP contribution in [0.4, 0.5) is 11.5 Å². The Balaban J connectivity index is 1.72. The Hall–Kier alpha value is -3.94. The monoisotopic (exact) mass is 444 g/mol. The number of ether oxygens (including phenoxy) is 1. The Morgan fingerprint density at radius 3 is 2.61 bits per heavy atom. The van der Waals surface area contributed by atoms with Crippen molar-refractivity contribution in [2.24, 2.45) is 5.41 Å². The summed E-state index contributed by atoms with van der Waals surface area (Å²) >= 11 is 0. The maximum absolute atomic E-state index is 13.4. The van der Waals surface area contributed by atoms with Crippen LogP contribution >= 0.6 is 0 Å². The number of carbonyl (C=O) groups is 1. The van der Waals surface area contributed by atoms with Crippen molar-refractivity contribution in [3.05, 3.63) is 81.0 Å². The van der Waals surface area contributed by atoms with E-state index < -0.39 is 4.92 Å². The van der Waals surface area contributed by atoms with Gasteiger partial charge in [0.1, 0.15) is 5.75 Å². The van der Waals surface area contributed by atoms with E-state index in [1.54, 1.807) is 13.2 Å². The zero-order valence-corrected chi connectivity index (χ0v) is 18.6. The van der Waals surface area contributed by atoms with Gasteiger partial charge in [0.05, 0.1) is 17.7 Å². The normalized spacial score (nSPS) is 18.9. The van der Waals surface area contributed by atoms with Crippen LogP contribution in [0.3, 0.4) is 0 Å². The van der Waals surface area contributed by atoms with Gasteiger partial charge in [-0.15, -0.1) is 0 Å². The Morgan fingerprint density at radius 1 is 1.15 bits per heavy atom. The molecule has 168 valence electrons. The van der Waals surface area contributed by atoms with E-state index in [0.717, 1.165) is 34.6 Å². The van der Waals surface area contributed by atoms with Crippen LogP contribution in [0.1, 0.15) is 43.7 Å². The van der Waals surface area contributed by atoms with Gasteiger partial charge in [-0.2, -0.15) is 5.10 Å². The third-order valence-corrected chi connectivity index (χ3v) is 6.37. The molecule has 3 aromatic rings. The first-order valence-electron chi connectivity index (χ1n) is 10.8. The highest BCUT2D eigenvalue weighted by atomic mass is 16.6. The van der Waals surface area contributed by atoms with Crippen molar-refractivity contribution < 1.29 is 14.5 Å². The van der Waals surface area contributed by atoms with Gasteiger partial charge in [0.15, 0.2) is 11.6 Å². The van der Waals surface area contributed by atoms with Gasteiger partial charge in [-0.05, 0) is 29.5 Å². The molecule has 0 bridgehead atoms. The standard InChI is InChI=1S/C25H24N4O4/c1-25(2)12-18-21(19(30)13-25)20(14-7-9-17(33-3)10-8-14)22-23(27-28-24(22)26-18)15-5-4-6-16(11-15)29(31)32/h4-11,20H,12-13H2,1-3H3,(H2,26,27,28). The van der Waals surface area contributed by atoms with Crippen molar-refractivity contribution in [1.82, 2.24) is 10.2 Å². The summed E-state index contributed by atoms with van der Waals surface area (Å²) in [6.07, 6.45) is 1.19. The molecule has 1 aromatic heterocycles. The second-order valence-electron chi connectivity index (χ2n) is 9.33. The molecule has 2 aromatic carbocycles. The number of aromatic amines is 1. The molecule has 33 heavy (non-hydrogen) atoms. The smallest absolute Gasteiger partial charge is 0.270 e. The molecule has 8 heteroatoms. The number of nitro benzene ring substituents is 1. The number of methoxy groups -OCH3 is 1. The van der Waals surface area contributed by atoms with Crippen LogP contribution in [0.15, 0.2) is 59.8 Å². The molecule has 0 saturated heterocycles. The lowest BCUT2D eigenvalue weighted by molar-refractivity contribution is -0.384. The number of Topliss-reactive ketones (excluding diaryl/α,β-unsaturated/α-hetero) is 1. The third kappa shape index (κ3) is 3.57. The lowest BCUT2D eigenvalue weighted by Crippen LogP contribution is -2.33. The van der Waals surface area contributed by atoms with Crippen LogP contribution in [-0.4, -0.2) is 28.0 Å². The number of nitro groups is 1. The Morgan fingerprint density at radius 2 is 1.91 bits per heavy atom. The highest BCUT2D eigenvalue weighted by Gasteiger charge is 2.42. The topological polar surface area (TPSA) is 110 Å². The van der Waals surface area contributed by atoms with Gasteiger partial charge in [-0.25, -0.2) is 0 Å². The zero-order chi connectivity index (χ0) is 23.3. The summed E-state index contributed by atoms with van der Waals surface area (Å²) < 4.78 is 5.32. The number of anilines is 1. The SMILES string of the molecule is COc1ccc(C2C3=C(CC(C)(C)CC3=O)Nc3n[nH]c(-c4cccc([N+](=O)[O-])c4)c32)cc1. The molecule has 0 radical (unpaired) electrons. The minimum Gasteiger partial charge on any atom is -0.497 e. The minimum absolute atomic E-state index is 0.00369. The summed E-state index contributed by atoms with van der Waals surface area (Å²) in [7, 11) is 1.61. The van der Waals surface area contributed by atoms with Gasteiger partial charge >= 0.3 is 0 Å². The van der Waals surface area contributed by atoms with Crippen molar-refractivity contribution in [2.45, 2.75) is 32.6 Å². The molecule has 1 unspecified atom stereocenters. The minimum atomic E-state index is -0.418. The van der Waals surface area contributed by atoms with E-state index >= 15 is 0 Å². The van der Waals surface area contributed by atoms with Crippen molar-refractivity contribution >= 4 is 17.3 Å². The molecule has 2 heterocycles. The molecular weight excluding hydrogens is 420 g/mol. The molecule has 1 aliphatic carbocycles. The number of fused-ring (bicyclic) bond motifs is 1. The van der Waals surface area contributed by atoms with Crippen LogP contribution in [0, 0.1) is 15.5 Å². The largest absolute Gasteiger partial charge is 0.497 e. The highest BCUT2D eigenvalue weighted by Crippen LogP contribution is 2.51. The quantitative estimate of drug-likeness (QED) is 0.423. The highest BCUT2D eigenvalue weighted by molar-refractivity contribution is 6.02. The van der Waals surface area contributed by atoms with Crippen LogP contribution in [-0.2, 0) is 4.79 Å². The van der Waals surface area contributed by atoms with E-state index in [1.807, 2.05) is 30.3 Å². The summed E-state index contributed by atoms with van der Waals surface area (Å²) in [5, 5.41) is 22.3. The van der Waals surface area contributed by atoms with E-state index in [-0.39, 0.29) is 22.8 Å². The van der Waals surface area contributed by atoms with Crippen molar-refractivity contribution in [3.8, 4) is 17.0 Å². The number of hydrogen-bond donors (Lipinski definition) is 2. The summed E-state index contributed by atoms with van der Waals surface area (Å²) in [5.41, 5.74) is 4.53. The molecule has 0 fully saturated rings. The first kappa shape index (κ1) is 20.9. The van der Waals surface area contributed by atoms with Gasteiger partial charge in [0.25, 0.3) is 5.69 Å². The Labute approximate surface area is 190 Å². The molecule has 2 N–H and O–H groups in total. The number of nitrogens with zero attached hydrogens (tertiary/aromatic N) is 2. The number of H-pyrrole nitrogens is 1. The van der Waals surface area contributed by atoms with Gasteiger partial charge in [0, 0.05) is 46.9 Å². The average Bonchev–Trinajstić information content (AvgIpc) is 3.20. The Bertz CT molecular complexity index is 1300. The number of carbonyl (C=O) groups excluding carboxylic acids is 1. The molecule has 1 aliphatic heterocycles. The van der Waals surface area contributed by atoms with Gasteiger partial charge in [-0.1, -0.05) is 38.1 Å². The molecule has 8 nitrogen and oxygen atoms in total. The number of allylic oxidation sites excluding steroid dienone is 2. The summed E-state index contributed by atoms with van der Waals surface area (Å²) in [5.74, 6) is 1.12. The first-order valence-corrected chi connectivity index (χ1v) is 10.8. The zero-order valence-electron chi connectivity index (χ0n) is 18.6. The second-order valence-corrected chi connectivity index (χ2v) is 9.33.